The van der Waals surface area contributed by atoms with E-state index in [9.17, 15) is 40.2 Å². The van der Waals surface area contributed by atoms with Crippen LogP contribution in [0.1, 0.15) is 113 Å². The standard InChI is InChI=1S/C44H70O14/c1-39(2)16-18-44(38(52)54-9)19-17-42(6)22(23(44)20-39)10-11-26-41(5)14-13-27(40(3,4)25(41)12-15-43(26,42)7)56-37-34(31(49)30(48)33(57-37)35(51)53-8)58-36-32(50)29(47)28(46)24(21-45)55-36/h10,23-34,36-37,45-50H,11-21H2,1-9H3. The number of aliphatic hydroxyl groups excluding tert-OH is 6. The summed E-state index contributed by atoms with van der Waals surface area (Å²) in [4.78, 5) is 26.5. The highest BCUT2D eigenvalue weighted by molar-refractivity contribution is 5.78. The van der Waals surface area contributed by atoms with E-state index >= 15 is 0 Å². The summed E-state index contributed by atoms with van der Waals surface area (Å²) in [5.74, 6) is -0.245. The average molecular weight is 823 g/mol. The van der Waals surface area contributed by atoms with Crippen molar-refractivity contribution >= 4 is 11.9 Å². The Balaban J connectivity index is 1.16. The van der Waals surface area contributed by atoms with Crippen LogP contribution in [0.5, 0.6) is 0 Å². The lowest BCUT2D eigenvalue weighted by molar-refractivity contribution is -0.374. The normalized spacial score (nSPS) is 50.8. The van der Waals surface area contributed by atoms with Gasteiger partial charge in [-0.1, -0.05) is 60.1 Å². The molecule has 14 heteroatoms. The molecule has 6 N–H and O–H groups in total. The van der Waals surface area contributed by atoms with Crippen LogP contribution in [0.3, 0.4) is 0 Å². The Hall–Kier alpha value is -1.72. The fraction of sp³-hybridized carbons (Fsp3) is 0.909. The van der Waals surface area contributed by atoms with Crippen LogP contribution in [0.2, 0.25) is 0 Å². The van der Waals surface area contributed by atoms with Crippen LogP contribution in [-0.4, -0.2) is 131 Å². The zero-order valence-corrected chi connectivity index (χ0v) is 35.9. The van der Waals surface area contributed by atoms with Crippen molar-refractivity contribution in [3.8, 4) is 0 Å². The lowest BCUT2D eigenvalue weighted by atomic mass is 9.33. The molecule has 0 spiro atoms. The average Bonchev–Trinajstić information content (AvgIpc) is 3.17. The first-order chi connectivity index (χ1) is 27.1. The van der Waals surface area contributed by atoms with Gasteiger partial charge >= 0.3 is 11.9 Å². The lowest BCUT2D eigenvalue weighted by Crippen LogP contribution is -2.67. The minimum absolute atomic E-state index is 0.0131. The Kier molecular flexibility index (Phi) is 11.7. The van der Waals surface area contributed by atoms with Crippen LogP contribution in [0, 0.1) is 50.2 Å². The molecule has 2 saturated heterocycles. The Morgan fingerprint density at radius 3 is 2.09 bits per heavy atom. The van der Waals surface area contributed by atoms with E-state index in [-0.39, 0.29) is 39.5 Å². The number of ether oxygens (including phenoxy) is 6. The van der Waals surface area contributed by atoms with Gasteiger partial charge in [-0.25, -0.2) is 4.79 Å². The first kappa shape index (κ1) is 44.3. The number of carbonyl (C=O) groups is 2. The topological polar surface area (TPSA) is 211 Å². The summed E-state index contributed by atoms with van der Waals surface area (Å²) in [6.07, 6.45) is -5.26. The second kappa shape index (κ2) is 15.3. The van der Waals surface area contributed by atoms with Crippen molar-refractivity contribution in [2.75, 3.05) is 20.8 Å². The molecule has 0 radical (unpaired) electrons. The molecule has 5 aliphatic carbocycles. The van der Waals surface area contributed by atoms with E-state index in [2.05, 4.69) is 54.5 Å². The summed E-state index contributed by atoms with van der Waals surface area (Å²) >= 11 is 0. The second-order valence-electron chi connectivity index (χ2n) is 21.1. The molecule has 0 aromatic heterocycles. The molecule has 14 nitrogen and oxygen atoms in total. The second-order valence-corrected chi connectivity index (χ2v) is 21.1. The van der Waals surface area contributed by atoms with Crippen LogP contribution >= 0.6 is 0 Å². The summed E-state index contributed by atoms with van der Waals surface area (Å²) in [5.41, 5.74) is 0.514. The third-order valence-electron chi connectivity index (χ3n) is 17.6. The van der Waals surface area contributed by atoms with Gasteiger partial charge in [0.1, 0.15) is 42.7 Å². The van der Waals surface area contributed by atoms with E-state index in [0.29, 0.717) is 12.3 Å². The predicted octanol–water partition coefficient (Wildman–Crippen LogP) is 3.15. The Bertz CT molecular complexity index is 1600. The van der Waals surface area contributed by atoms with Gasteiger partial charge in [-0.05, 0) is 109 Å². The molecular weight excluding hydrogens is 752 g/mol. The van der Waals surface area contributed by atoms with Crippen molar-refractivity contribution in [2.24, 2.45) is 50.2 Å². The Morgan fingerprint density at radius 2 is 1.43 bits per heavy atom. The largest absolute Gasteiger partial charge is 0.469 e. The summed E-state index contributed by atoms with van der Waals surface area (Å²) in [6.45, 7) is 15.8. The zero-order valence-electron chi connectivity index (χ0n) is 35.9. The molecule has 7 aliphatic rings. The van der Waals surface area contributed by atoms with Crippen molar-refractivity contribution in [1.82, 2.24) is 0 Å². The van der Waals surface area contributed by atoms with E-state index in [0.717, 1.165) is 64.9 Å². The molecule has 0 aromatic carbocycles. The minimum atomic E-state index is -1.80. The number of fused-ring (bicyclic) bond motifs is 7. The van der Waals surface area contributed by atoms with E-state index in [1.165, 1.54) is 12.7 Å². The zero-order chi connectivity index (χ0) is 42.5. The molecule has 2 aliphatic heterocycles. The summed E-state index contributed by atoms with van der Waals surface area (Å²) < 4.78 is 34.9. The first-order valence-corrected chi connectivity index (χ1v) is 21.6. The maximum absolute atomic E-state index is 13.7. The van der Waals surface area contributed by atoms with Crippen molar-refractivity contribution in [3.05, 3.63) is 11.6 Å². The van der Waals surface area contributed by atoms with E-state index in [1.807, 2.05) is 0 Å². The van der Waals surface area contributed by atoms with Crippen LogP contribution in [0.4, 0.5) is 0 Å². The fourth-order valence-electron chi connectivity index (χ4n) is 13.9. The maximum Gasteiger partial charge on any atom is 0.337 e. The Labute approximate surface area is 342 Å². The van der Waals surface area contributed by atoms with E-state index in [4.69, 9.17) is 28.4 Å². The molecule has 330 valence electrons. The maximum atomic E-state index is 13.7. The van der Waals surface area contributed by atoms with Gasteiger partial charge in [-0.15, -0.1) is 0 Å². The molecule has 0 aromatic rings. The highest BCUT2D eigenvalue weighted by Gasteiger charge is 2.70. The van der Waals surface area contributed by atoms with Gasteiger partial charge in [0, 0.05) is 0 Å². The molecule has 58 heavy (non-hydrogen) atoms. The highest BCUT2D eigenvalue weighted by Crippen LogP contribution is 2.76. The number of esters is 2. The molecule has 6 fully saturated rings. The van der Waals surface area contributed by atoms with Gasteiger partial charge in [0.05, 0.1) is 32.3 Å². The van der Waals surface area contributed by atoms with Crippen molar-refractivity contribution in [2.45, 2.75) is 180 Å². The van der Waals surface area contributed by atoms with Gasteiger partial charge in [0.15, 0.2) is 18.7 Å². The number of allylic oxidation sites excluding steroid dienone is 2. The van der Waals surface area contributed by atoms with Crippen molar-refractivity contribution in [1.29, 1.82) is 0 Å². The first-order valence-electron chi connectivity index (χ1n) is 21.6. The lowest BCUT2D eigenvalue weighted by Gasteiger charge is -2.71. The fourth-order valence-corrected chi connectivity index (χ4v) is 13.9. The monoisotopic (exact) mass is 822 g/mol. The molecular formula is C44H70O14. The molecule has 4 saturated carbocycles. The van der Waals surface area contributed by atoms with Crippen LogP contribution < -0.4 is 0 Å². The van der Waals surface area contributed by atoms with Gasteiger partial charge in [-0.2, -0.15) is 0 Å². The van der Waals surface area contributed by atoms with Gasteiger partial charge in [0.2, 0.25) is 0 Å². The highest BCUT2D eigenvalue weighted by atomic mass is 16.8. The third-order valence-corrected chi connectivity index (χ3v) is 17.6. The van der Waals surface area contributed by atoms with Crippen molar-refractivity contribution in [3.63, 3.8) is 0 Å². The van der Waals surface area contributed by atoms with E-state index < -0.39 is 90.9 Å². The minimum Gasteiger partial charge on any atom is -0.469 e. The predicted molar refractivity (Wildman–Crippen MR) is 207 cm³/mol. The molecule has 18 unspecified atom stereocenters. The molecule has 7 rings (SSSR count). The summed E-state index contributed by atoms with van der Waals surface area (Å²) in [7, 11) is 2.68. The molecule has 0 bridgehead atoms. The summed E-state index contributed by atoms with van der Waals surface area (Å²) in [6, 6.07) is 0. The van der Waals surface area contributed by atoms with Crippen LogP contribution in [0.15, 0.2) is 11.6 Å². The number of methoxy groups -OCH3 is 2. The number of aliphatic hydroxyl groups is 6. The molecule has 18 atom stereocenters. The van der Waals surface area contributed by atoms with Crippen LogP contribution in [0.25, 0.3) is 0 Å². The number of hydrogen-bond acceptors (Lipinski definition) is 14. The molecule has 2 heterocycles. The number of hydrogen-bond donors (Lipinski definition) is 6. The number of carbonyl (C=O) groups excluding carboxylic acids is 2. The van der Waals surface area contributed by atoms with E-state index in [1.54, 1.807) is 0 Å². The van der Waals surface area contributed by atoms with Gasteiger partial charge in [0.25, 0.3) is 0 Å². The number of rotatable bonds is 7. The van der Waals surface area contributed by atoms with Gasteiger partial charge < -0.3 is 59.1 Å². The third kappa shape index (κ3) is 6.56. The quantitative estimate of drug-likeness (QED) is 0.124. The van der Waals surface area contributed by atoms with Crippen LogP contribution in [-0.2, 0) is 38.0 Å². The summed E-state index contributed by atoms with van der Waals surface area (Å²) in [5, 5.41) is 63.8. The van der Waals surface area contributed by atoms with Crippen molar-refractivity contribution < 1.29 is 68.6 Å². The SMILES string of the molecule is COC(=O)C1OC(OC2CCC3(C)C(CCC4(C)C3CC=C3C5CC(C)(C)CCC5(C(=O)OC)CCC34C)C2(C)C)C(OC2OC(CO)C(O)C(O)C2O)C(O)C1O. The smallest absolute Gasteiger partial charge is 0.337 e. The molecule has 0 amide bonds. The Morgan fingerprint density at radius 1 is 0.741 bits per heavy atom. The van der Waals surface area contributed by atoms with Gasteiger partial charge in [-0.3, -0.25) is 4.79 Å².